The summed E-state index contributed by atoms with van der Waals surface area (Å²) in [6.07, 6.45) is 3.96. The quantitative estimate of drug-likeness (QED) is 0.237. The maximum absolute atomic E-state index is 13.3. The highest BCUT2D eigenvalue weighted by Gasteiger charge is 2.36. The number of carbonyl (C=O) groups is 1. The van der Waals surface area contributed by atoms with Gasteiger partial charge in [-0.2, -0.15) is 0 Å². The van der Waals surface area contributed by atoms with Crippen molar-refractivity contribution in [2.75, 3.05) is 11.9 Å². The van der Waals surface area contributed by atoms with Gasteiger partial charge < -0.3 is 9.47 Å². The molecule has 33 heavy (non-hydrogen) atoms. The van der Waals surface area contributed by atoms with Crippen LogP contribution in [0.5, 0.6) is 0 Å². The zero-order valence-corrected chi connectivity index (χ0v) is 20.0. The first-order valence-corrected chi connectivity index (χ1v) is 11.5. The van der Waals surface area contributed by atoms with Gasteiger partial charge in [0.05, 0.1) is 15.7 Å². The predicted molar refractivity (Wildman–Crippen MR) is 140 cm³/mol. The summed E-state index contributed by atoms with van der Waals surface area (Å²) in [7, 11) is 1.82. The molecule has 0 atom stereocenters. The van der Waals surface area contributed by atoms with Gasteiger partial charge in [0.2, 0.25) is 0 Å². The minimum absolute atomic E-state index is 0.144. The minimum Gasteiger partial charge on any atom is -0.342 e. The van der Waals surface area contributed by atoms with Gasteiger partial charge in [0.15, 0.2) is 5.11 Å². The van der Waals surface area contributed by atoms with E-state index in [1.165, 1.54) is 0 Å². The van der Waals surface area contributed by atoms with E-state index in [4.69, 9.17) is 35.4 Å². The Balaban J connectivity index is 1.56. The molecule has 0 N–H and O–H groups in total. The number of thiocarbonyl (C=S) groups is 1. The molecule has 1 saturated heterocycles. The van der Waals surface area contributed by atoms with Crippen LogP contribution >= 0.6 is 35.4 Å². The van der Waals surface area contributed by atoms with E-state index in [2.05, 4.69) is 22.9 Å². The summed E-state index contributed by atoms with van der Waals surface area (Å²) in [5.74, 6) is -0.144. The van der Waals surface area contributed by atoms with Crippen molar-refractivity contribution in [1.82, 2.24) is 9.47 Å². The Morgan fingerprint density at radius 3 is 2.42 bits per heavy atom. The monoisotopic (exact) mass is 491 g/mol. The van der Waals surface area contributed by atoms with E-state index in [1.54, 1.807) is 15.9 Å². The van der Waals surface area contributed by atoms with E-state index in [-0.39, 0.29) is 5.91 Å². The highest BCUT2D eigenvalue weighted by Crippen LogP contribution is 2.31. The van der Waals surface area contributed by atoms with Crippen LogP contribution in [0.1, 0.15) is 11.1 Å². The number of likely N-dealkylation sites (N-methyl/N-ethyl adjacent to an activating group) is 1. The van der Waals surface area contributed by atoms with Crippen LogP contribution in [0.2, 0.25) is 10.0 Å². The van der Waals surface area contributed by atoms with Crippen LogP contribution in [0.3, 0.4) is 0 Å². The molecule has 1 amide bonds. The number of aromatic nitrogens is 1. The van der Waals surface area contributed by atoms with Crippen LogP contribution in [0.25, 0.3) is 17.0 Å². The van der Waals surface area contributed by atoms with Crippen LogP contribution < -0.4 is 4.90 Å². The average Bonchev–Trinajstić information content (AvgIpc) is 3.27. The Bertz CT molecular complexity index is 1430. The number of rotatable bonds is 4. The topological polar surface area (TPSA) is 28.5 Å². The van der Waals surface area contributed by atoms with Crippen LogP contribution in [-0.4, -0.2) is 27.5 Å². The number of hydrogen-bond donors (Lipinski definition) is 0. The number of anilines is 1. The van der Waals surface area contributed by atoms with E-state index in [0.29, 0.717) is 27.4 Å². The fourth-order valence-electron chi connectivity index (χ4n) is 4.06. The summed E-state index contributed by atoms with van der Waals surface area (Å²) in [5, 5.41) is 2.57. The first-order chi connectivity index (χ1) is 15.9. The zero-order valence-electron chi connectivity index (χ0n) is 17.7. The third-order valence-electron chi connectivity index (χ3n) is 5.72. The molecule has 1 aliphatic rings. The van der Waals surface area contributed by atoms with Crippen molar-refractivity contribution in [3.05, 3.63) is 106 Å². The first kappa shape index (κ1) is 21.7. The minimum atomic E-state index is -0.144. The number of para-hydroxylation sites is 2. The summed E-state index contributed by atoms with van der Waals surface area (Å²) in [5.41, 5.74) is 4.32. The number of nitrogens with zero attached hydrogens (tertiary/aromatic N) is 3. The lowest BCUT2D eigenvalue weighted by molar-refractivity contribution is -0.114. The molecule has 0 saturated carbocycles. The molecule has 1 aliphatic heterocycles. The number of halogens is 2. The van der Waals surface area contributed by atoms with Gasteiger partial charge in [-0.3, -0.25) is 9.69 Å². The van der Waals surface area contributed by atoms with Gasteiger partial charge in [0.25, 0.3) is 5.91 Å². The first-order valence-electron chi connectivity index (χ1n) is 10.3. The Hall–Kier alpha value is -3.12. The van der Waals surface area contributed by atoms with Gasteiger partial charge in [0.1, 0.15) is 5.70 Å². The highest BCUT2D eigenvalue weighted by molar-refractivity contribution is 7.80. The highest BCUT2D eigenvalue weighted by atomic mass is 35.5. The van der Waals surface area contributed by atoms with Crippen molar-refractivity contribution < 1.29 is 4.79 Å². The SMILES string of the molecule is CN1C(=S)N(c2ccccc2)C(=O)/C1=C/c1cn(Cc2ccc(Cl)c(Cl)c2)c2ccccc12. The fourth-order valence-corrected chi connectivity index (χ4v) is 4.67. The van der Waals surface area contributed by atoms with Crippen LogP contribution in [-0.2, 0) is 11.3 Å². The zero-order chi connectivity index (χ0) is 23.1. The van der Waals surface area contributed by atoms with Crippen molar-refractivity contribution in [2.45, 2.75) is 6.54 Å². The lowest BCUT2D eigenvalue weighted by Gasteiger charge is -2.16. The molecule has 164 valence electrons. The number of benzene rings is 3. The van der Waals surface area contributed by atoms with E-state index in [1.807, 2.05) is 67.7 Å². The average molecular weight is 492 g/mol. The predicted octanol–water partition coefficient (Wildman–Crippen LogP) is 6.60. The largest absolute Gasteiger partial charge is 0.342 e. The van der Waals surface area contributed by atoms with Crippen molar-refractivity contribution in [3.8, 4) is 0 Å². The third kappa shape index (κ3) is 3.93. The number of amides is 1. The molecule has 0 bridgehead atoms. The summed E-state index contributed by atoms with van der Waals surface area (Å²) in [6.45, 7) is 0.624. The molecule has 0 unspecified atom stereocenters. The van der Waals surface area contributed by atoms with Gasteiger partial charge in [-0.15, -0.1) is 0 Å². The van der Waals surface area contributed by atoms with Crippen LogP contribution in [0.4, 0.5) is 5.69 Å². The standard InChI is InChI=1S/C26H19Cl2N3OS/c1-29-24(25(32)31(26(29)33)19-7-3-2-4-8-19)14-18-16-30(23-10-6-5-9-20(18)23)15-17-11-12-21(27)22(28)13-17/h2-14,16H,15H2,1H3/b24-14-. The van der Waals surface area contributed by atoms with Crippen molar-refractivity contribution in [2.24, 2.45) is 0 Å². The van der Waals surface area contributed by atoms with Crippen molar-refractivity contribution in [1.29, 1.82) is 0 Å². The molecule has 0 radical (unpaired) electrons. The number of hydrogen-bond acceptors (Lipinski definition) is 2. The molecule has 4 aromatic rings. The smallest absolute Gasteiger partial charge is 0.281 e. The number of fused-ring (bicyclic) bond motifs is 1. The molecule has 0 spiro atoms. The number of carbonyl (C=O) groups excluding carboxylic acids is 1. The Morgan fingerprint density at radius 1 is 0.939 bits per heavy atom. The second-order valence-electron chi connectivity index (χ2n) is 7.83. The molecule has 1 aromatic heterocycles. The summed E-state index contributed by atoms with van der Waals surface area (Å²) >= 11 is 17.9. The summed E-state index contributed by atoms with van der Waals surface area (Å²) < 4.78 is 2.15. The van der Waals surface area contributed by atoms with Crippen LogP contribution in [0, 0.1) is 0 Å². The molecule has 3 aromatic carbocycles. The molecule has 0 aliphatic carbocycles. The van der Waals surface area contributed by atoms with Gasteiger partial charge in [-0.05, 0) is 54.2 Å². The van der Waals surface area contributed by atoms with Gasteiger partial charge in [-0.1, -0.05) is 65.7 Å². The second kappa shape index (κ2) is 8.67. The van der Waals surface area contributed by atoms with Gasteiger partial charge in [0, 0.05) is 36.3 Å². The summed E-state index contributed by atoms with van der Waals surface area (Å²) in [6, 6.07) is 23.2. The van der Waals surface area contributed by atoms with E-state index >= 15 is 0 Å². The van der Waals surface area contributed by atoms with Crippen molar-refractivity contribution >= 4 is 69.1 Å². The second-order valence-corrected chi connectivity index (χ2v) is 9.00. The molecular weight excluding hydrogens is 473 g/mol. The van der Waals surface area contributed by atoms with Crippen LogP contribution in [0.15, 0.2) is 84.7 Å². The molecular formula is C26H19Cl2N3OS. The third-order valence-corrected chi connectivity index (χ3v) is 6.92. The lowest BCUT2D eigenvalue weighted by atomic mass is 10.1. The maximum atomic E-state index is 13.3. The maximum Gasteiger partial charge on any atom is 0.281 e. The van der Waals surface area contributed by atoms with Crippen molar-refractivity contribution in [3.63, 3.8) is 0 Å². The van der Waals surface area contributed by atoms with E-state index in [0.717, 1.165) is 27.7 Å². The molecule has 4 nitrogen and oxygen atoms in total. The van der Waals surface area contributed by atoms with E-state index in [9.17, 15) is 4.79 Å². The summed E-state index contributed by atoms with van der Waals surface area (Å²) in [4.78, 5) is 16.7. The van der Waals surface area contributed by atoms with Gasteiger partial charge >= 0.3 is 0 Å². The van der Waals surface area contributed by atoms with Gasteiger partial charge in [-0.25, -0.2) is 0 Å². The Labute approximate surface area is 207 Å². The molecule has 7 heteroatoms. The molecule has 1 fully saturated rings. The Morgan fingerprint density at radius 2 is 1.67 bits per heavy atom. The normalized spacial score (nSPS) is 15.3. The lowest BCUT2D eigenvalue weighted by Crippen LogP contribution is -2.30. The van der Waals surface area contributed by atoms with E-state index < -0.39 is 0 Å². The fraction of sp³-hybridized carbons (Fsp3) is 0.0769. The molecule has 5 rings (SSSR count). The Kier molecular flexibility index (Phi) is 5.71. The molecule has 2 heterocycles.